The van der Waals surface area contributed by atoms with Gasteiger partial charge in [-0.05, 0) is 44.9 Å². The van der Waals surface area contributed by atoms with E-state index in [0.29, 0.717) is 18.1 Å². The lowest BCUT2D eigenvalue weighted by atomic mass is 9.93. The summed E-state index contributed by atoms with van der Waals surface area (Å²) in [5.74, 6) is 0.632. The predicted octanol–water partition coefficient (Wildman–Crippen LogP) is 3.74. The zero-order valence-electron chi connectivity index (χ0n) is 11.1. The van der Waals surface area contributed by atoms with Crippen molar-refractivity contribution in [2.75, 3.05) is 13.2 Å². The predicted molar refractivity (Wildman–Crippen MR) is 78.6 cm³/mol. The van der Waals surface area contributed by atoms with E-state index in [2.05, 4.69) is 25.2 Å². The van der Waals surface area contributed by atoms with Gasteiger partial charge in [-0.15, -0.1) is 11.3 Å². The Kier molecular flexibility index (Phi) is 5.49. The topological polar surface area (TPSA) is 21.3 Å². The lowest BCUT2D eigenvalue weighted by Crippen LogP contribution is -2.38. The minimum Gasteiger partial charge on any atom is -0.378 e. The third-order valence-electron chi connectivity index (χ3n) is 3.51. The standard InChI is InChI=1S/C14H22ClNOS/c1-3-6-16-13(11-7-10(2)17-9-11)8-12-4-5-14(15)18-12/h4-5,10-11,13,16H,3,6-9H2,1-2H3. The Bertz CT molecular complexity index is 368. The van der Waals surface area contributed by atoms with Crippen LogP contribution in [0.1, 0.15) is 31.6 Å². The second-order valence-corrected chi connectivity index (χ2v) is 6.91. The van der Waals surface area contributed by atoms with Gasteiger partial charge in [0.1, 0.15) is 0 Å². The highest BCUT2D eigenvalue weighted by molar-refractivity contribution is 7.16. The van der Waals surface area contributed by atoms with Crippen LogP contribution in [0.15, 0.2) is 12.1 Å². The van der Waals surface area contributed by atoms with E-state index in [9.17, 15) is 0 Å². The monoisotopic (exact) mass is 287 g/mol. The van der Waals surface area contributed by atoms with E-state index in [1.54, 1.807) is 11.3 Å². The SMILES string of the molecule is CCCNC(Cc1ccc(Cl)s1)C1COC(C)C1. The van der Waals surface area contributed by atoms with E-state index in [-0.39, 0.29) is 0 Å². The van der Waals surface area contributed by atoms with E-state index in [4.69, 9.17) is 16.3 Å². The minimum absolute atomic E-state index is 0.410. The van der Waals surface area contributed by atoms with Crippen LogP contribution in [0, 0.1) is 5.92 Å². The number of nitrogens with one attached hydrogen (secondary N) is 1. The molecular formula is C14H22ClNOS. The van der Waals surface area contributed by atoms with Crippen molar-refractivity contribution < 1.29 is 4.74 Å². The molecule has 2 heterocycles. The van der Waals surface area contributed by atoms with E-state index in [1.165, 1.54) is 17.7 Å². The van der Waals surface area contributed by atoms with Crippen molar-refractivity contribution in [3.05, 3.63) is 21.3 Å². The Labute approximate surface area is 119 Å². The Balaban J connectivity index is 1.96. The molecule has 0 spiro atoms. The Morgan fingerprint density at radius 2 is 2.39 bits per heavy atom. The summed E-state index contributed by atoms with van der Waals surface area (Å²) in [7, 11) is 0. The van der Waals surface area contributed by atoms with Gasteiger partial charge in [-0.3, -0.25) is 0 Å². The van der Waals surface area contributed by atoms with Crippen molar-refractivity contribution >= 4 is 22.9 Å². The fourth-order valence-electron chi connectivity index (χ4n) is 2.54. The Morgan fingerprint density at radius 3 is 2.94 bits per heavy atom. The summed E-state index contributed by atoms with van der Waals surface area (Å²) in [6, 6.07) is 4.66. The number of ether oxygens (including phenoxy) is 1. The summed E-state index contributed by atoms with van der Waals surface area (Å²) < 4.78 is 6.59. The average molecular weight is 288 g/mol. The van der Waals surface area contributed by atoms with Crippen LogP contribution in [-0.4, -0.2) is 25.3 Å². The normalized spacial score (nSPS) is 25.5. The summed E-state index contributed by atoms with van der Waals surface area (Å²) in [4.78, 5) is 1.37. The van der Waals surface area contributed by atoms with Crippen LogP contribution in [0.25, 0.3) is 0 Å². The van der Waals surface area contributed by atoms with Crippen LogP contribution < -0.4 is 5.32 Å². The molecule has 1 saturated heterocycles. The van der Waals surface area contributed by atoms with Crippen molar-refractivity contribution in [2.45, 2.75) is 45.3 Å². The smallest absolute Gasteiger partial charge is 0.0931 e. The first-order valence-corrected chi connectivity index (χ1v) is 7.97. The highest BCUT2D eigenvalue weighted by atomic mass is 35.5. The van der Waals surface area contributed by atoms with Gasteiger partial charge < -0.3 is 10.1 Å². The first-order valence-electron chi connectivity index (χ1n) is 6.78. The fraction of sp³-hybridized carbons (Fsp3) is 0.714. The van der Waals surface area contributed by atoms with Gasteiger partial charge in [0.25, 0.3) is 0 Å². The van der Waals surface area contributed by atoms with Crippen LogP contribution >= 0.6 is 22.9 Å². The molecule has 4 heteroatoms. The first kappa shape index (κ1) is 14.3. The zero-order chi connectivity index (χ0) is 13.0. The van der Waals surface area contributed by atoms with Crippen molar-refractivity contribution in [3.8, 4) is 0 Å². The molecule has 2 nitrogen and oxygen atoms in total. The summed E-state index contributed by atoms with van der Waals surface area (Å²) in [6.45, 7) is 6.34. The van der Waals surface area contributed by atoms with E-state index in [1.807, 2.05) is 6.07 Å². The third-order valence-corrected chi connectivity index (χ3v) is 4.76. The van der Waals surface area contributed by atoms with Gasteiger partial charge in [-0.1, -0.05) is 18.5 Å². The quantitative estimate of drug-likeness (QED) is 0.861. The lowest BCUT2D eigenvalue weighted by molar-refractivity contribution is 0.117. The number of hydrogen-bond donors (Lipinski definition) is 1. The summed E-state index contributed by atoms with van der Waals surface area (Å²) in [5.41, 5.74) is 0. The molecule has 0 aliphatic carbocycles. The second-order valence-electron chi connectivity index (χ2n) is 5.11. The maximum Gasteiger partial charge on any atom is 0.0931 e. The molecule has 1 N–H and O–H groups in total. The maximum absolute atomic E-state index is 6.00. The summed E-state index contributed by atoms with van der Waals surface area (Å²) >= 11 is 7.70. The maximum atomic E-state index is 6.00. The van der Waals surface area contributed by atoms with Crippen molar-refractivity contribution in [1.29, 1.82) is 0 Å². The van der Waals surface area contributed by atoms with Gasteiger partial charge in [-0.2, -0.15) is 0 Å². The van der Waals surface area contributed by atoms with Gasteiger partial charge in [-0.25, -0.2) is 0 Å². The number of halogens is 1. The minimum atomic E-state index is 0.410. The van der Waals surface area contributed by atoms with Crippen LogP contribution in [0.5, 0.6) is 0 Å². The molecule has 0 saturated carbocycles. The van der Waals surface area contributed by atoms with E-state index < -0.39 is 0 Å². The van der Waals surface area contributed by atoms with E-state index in [0.717, 1.165) is 23.9 Å². The number of thiophene rings is 1. The number of hydrogen-bond acceptors (Lipinski definition) is 3. The molecule has 102 valence electrons. The first-order chi connectivity index (χ1) is 8.69. The molecule has 18 heavy (non-hydrogen) atoms. The average Bonchev–Trinajstić information content (AvgIpc) is 2.93. The lowest BCUT2D eigenvalue weighted by Gasteiger charge is -2.23. The number of rotatable bonds is 6. The molecule has 0 bridgehead atoms. The largest absolute Gasteiger partial charge is 0.378 e. The van der Waals surface area contributed by atoms with Gasteiger partial charge in [0.15, 0.2) is 0 Å². The van der Waals surface area contributed by atoms with Crippen LogP contribution in [0.3, 0.4) is 0 Å². The van der Waals surface area contributed by atoms with E-state index >= 15 is 0 Å². The van der Waals surface area contributed by atoms with Crippen molar-refractivity contribution in [3.63, 3.8) is 0 Å². The molecule has 1 fully saturated rings. The molecule has 1 aromatic rings. The van der Waals surface area contributed by atoms with Gasteiger partial charge in [0.05, 0.1) is 17.0 Å². The van der Waals surface area contributed by atoms with Crippen LogP contribution in [0.2, 0.25) is 4.34 Å². The molecule has 1 aliphatic rings. The van der Waals surface area contributed by atoms with Gasteiger partial charge in [0, 0.05) is 16.8 Å². The van der Waals surface area contributed by atoms with Gasteiger partial charge in [0.2, 0.25) is 0 Å². The molecule has 3 unspecified atom stereocenters. The van der Waals surface area contributed by atoms with Gasteiger partial charge >= 0.3 is 0 Å². The third kappa shape index (κ3) is 3.95. The zero-order valence-corrected chi connectivity index (χ0v) is 12.7. The summed E-state index contributed by atoms with van der Waals surface area (Å²) in [5, 5.41) is 3.67. The van der Waals surface area contributed by atoms with Crippen molar-refractivity contribution in [1.82, 2.24) is 5.32 Å². The molecular weight excluding hydrogens is 266 g/mol. The highest BCUT2D eigenvalue weighted by Crippen LogP contribution is 2.28. The Morgan fingerprint density at radius 1 is 1.56 bits per heavy atom. The molecule has 0 amide bonds. The highest BCUT2D eigenvalue weighted by Gasteiger charge is 2.29. The molecule has 2 rings (SSSR count). The van der Waals surface area contributed by atoms with Crippen LogP contribution in [0.4, 0.5) is 0 Å². The summed E-state index contributed by atoms with van der Waals surface area (Å²) in [6.07, 6.45) is 3.82. The molecule has 0 aromatic carbocycles. The van der Waals surface area contributed by atoms with Crippen molar-refractivity contribution in [2.24, 2.45) is 5.92 Å². The fourth-order valence-corrected chi connectivity index (χ4v) is 3.69. The molecule has 1 aliphatic heterocycles. The second kappa shape index (κ2) is 6.90. The molecule has 1 aromatic heterocycles. The van der Waals surface area contributed by atoms with Crippen LogP contribution in [-0.2, 0) is 11.2 Å². The molecule has 0 radical (unpaired) electrons. The molecule has 3 atom stereocenters. The Hall–Kier alpha value is -0.0900.